The van der Waals surface area contributed by atoms with Gasteiger partial charge in [0, 0.05) is 26.7 Å². The van der Waals surface area contributed by atoms with E-state index in [-0.39, 0.29) is 36.8 Å². The largest absolute Gasteiger partial charge is 0.506 e. The number of aromatic hydroxyl groups is 2. The Labute approximate surface area is 186 Å². The molecule has 0 saturated heterocycles. The van der Waals surface area contributed by atoms with Crippen LogP contribution in [0.2, 0.25) is 20.1 Å². The van der Waals surface area contributed by atoms with Crippen molar-refractivity contribution in [3.63, 3.8) is 0 Å². The Morgan fingerprint density at radius 2 is 1.31 bits per heavy atom. The average Bonchev–Trinajstić information content (AvgIpc) is 2.63. The summed E-state index contributed by atoms with van der Waals surface area (Å²) in [7, 11) is -5.12. The van der Waals surface area contributed by atoms with Gasteiger partial charge in [-0.25, -0.2) is 0 Å². The predicted molar refractivity (Wildman–Crippen MR) is 114 cm³/mol. The van der Waals surface area contributed by atoms with Gasteiger partial charge in [0.25, 0.3) is 10.1 Å². The lowest BCUT2D eigenvalue weighted by Gasteiger charge is -2.34. The van der Waals surface area contributed by atoms with Crippen molar-refractivity contribution in [3.8, 4) is 11.5 Å². The van der Waals surface area contributed by atoms with E-state index in [1.54, 1.807) is 6.07 Å². The van der Waals surface area contributed by atoms with Crippen LogP contribution in [0.5, 0.6) is 11.5 Å². The highest BCUT2D eigenvalue weighted by Gasteiger charge is 2.52. The molecule has 3 aromatic rings. The molecule has 0 radical (unpaired) electrons. The van der Waals surface area contributed by atoms with Gasteiger partial charge < -0.3 is 10.2 Å². The average molecular weight is 494 g/mol. The Bertz CT molecular complexity index is 1210. The second-order valence-electron chi connectivity index (χ2n) is 6.06. The topological polar surface area (TPSA) is 94.8 Å². The lowest BCUT2D eigenvalue weighted by molar-refractivity contribution is 0.455. The van der Waals surface area contributed by atoms with E-state index in [1.807, 2.05) is 0 Å². The molecule has 10 heteroatoms. The van der Waals surface area contributed by atoms with E-state index in [0.717, 1.165) is 12.1 Å². The molecule has 0 amide bonds. The molecule has 0 bridgehead atoms. The molecule has 5 nitrogen and oxygen atoms in total. The van der Waals surface area contributed by atoms with Crippen molar-refractivity contribution < 1.29 is 23.2 Å². The molecular weight excluding hydrogens is 482 g/mol. The predicted octanol–water partition coefficient (Wildman–Crippen LogP) is 5.89. The van der Waals surface area contributed by atoms with Gasteiger partial charge in [-0.1, -0.05) is 76.7 Å². The van der Waals surface area contributed by atoms with Crippen molar-refractivity contribution in [2.45, 2.75) is 4.75 Å². The molecule has 1 unspecified atom stereocenters. The number of benzene rings is 3. The van der Waals surface area contributed by atoms with Crippen molar-refractivity contribution in [1.29, 1.82) is 0 Å². The fraction of sp³-hybridized carbons (Fsp3) is 0.0526. The molecule has 0 aliphatic rings. The maximum absolute atomic E-state index is 13.0. The Hall–Kier alpha value is -1.67. The molecular formula is C19H12Cl4O5S. The molecule has 0 spiro atoms. The highest BCUT2D eigenvalue weighted by atomic mass is 35.5. The third kappa shape index (κ3) is 3.54. The van der Waals surface area contributed by atoms with Crippen molar-refractivity contribution in [3.05, 3.63) is 91.4 Å². The number of phenols is 2. The molecule has 0 aliphatic heterocycles. The van der Waals surface area contributed by atoms with Crippen LogP contribution in [0.3, 0.4) is 0 Å². The second kappa shape index (κ2) is 7.87. The number of rotatable bonds is 4. The van der Waals surface area contributed by atoms with Gasteiger partial charge in [0.2, 0.25) is 0 Å². The monoisotopic (exact) mass is 492 g/mol. The standard InChI is InChI=1S/C19H12Cl4O5S/c20-13-6-2-1-4-10(13)19(29(26,27)28,11-5-3-7-16(24)18(11)23)12-8-17(25)15(22)9-14(12)21/h1-9,24-25H,(H,26,27,28). The van der Waals surface area contributed by atoms with Crippen molar-refractivity contribution >= 4 is 56.5 Å². The van der Waals surface area contributed by atoms with E-state index in [9.17, 15) is 23.2 Å². The van der Waals surface area contributed by atoms with Crippen LogP contribution >= 0.6 is 46.4 Å². The number of hydrogen-bond acceptors (Lipinski definition) is 4. The summed E-state index contributed by atoms with van der Waals surface area (Å²) < 4.78 is 34.0. The van der Waals surface area contributed by atoms with Gasteiger partial charge in [0.15, 0.2) is 4.75 Å². The van der Waals surface area contributed by atoms with Crippen LogP contribution in [-0.4, -0.2) is 23.2 Å². The number of phenolic OH excluding ortho intramolecular Hbond substituents is 2. The van der Waals surface area contributed by atoms with Crippen molar-refractivity contribution in [2.24, 2.45) is 0 Å². The van der Waals surface area contributed by atoms with E-state index in [4.69, 9.17) is 46.4 Å². The van der Waals surface area contributed by atoms with Crippen LogP contribution in [0.1, 0.15) is 16.7 Å². The van der Waals surface area contributed by atoms with Crippen LogP contribution in [0.15, 0.2) is 54.6 Å². The first-order valence-corrected chi connectivity index (χ1v) is 10.9. The second-order valence-corrected chi connectivity index (χ2v) is 9.22. The third-order valence-electron chi connectivity index (χ3n) is 4.41. The van der Waals surface area contributed by atoms with Gasteiger partial charge in [-0.15, -0.1) is 0 Å². The fourth-order valence-electron chi connectivity index (χ4n) is 3.20. The zero-order chi connectivity index (χ0) is 21.6. The van der Waals surface area contributed by atoms with E-state index >= 15 is 0 Å². The number of hydrogen-bond donors (Lipinski definition) is 3. The lowest BCUT2D eigenvalue weighted by Crippen LogP contribution is -2.39. The fourth-order valence-corrected chi connectivity index (χ4v) is 5.79. The summed E-state index contributed by atoms with van der Waals surface area (Å²) in [5, 5.41) is 19.6. The smallest absolute Gasteiger partial charge is 0.283 e. The van der Waals surface area contributed by atoms with Gasteiger partial charge in [0.05, 0.1) is 10.0 Å². The van der Waals surface area contributed by atoms with Gasteiger partial charge in [-0.2, -0.15) is 8.42 Å². The summed E-state index contributed by atoms with van der Waals surface area (Å²) in [4.78, 5) is 0. The van der Waals surface area contributed by atoms with Crippen molar-refractivity contribution in [2.75, 3.05) is 0 Å². The molecule has 0 saturated carbocycles. The van der Waals surface area contributed by atoms with Gasteiger partial charge in [-0.3, -0.25) is 4.55 Å². The molecule has 1 atom stereocenters. The molecule has 3 N–H and O–H groups in total. The lowest BCUT2D eigenvalue weighted by atomic mass is 9.83. The van der Waals surface area contributed by atoms with Gasteiger partial charge >= 0.3 is 0 Å². The molecule has 0 aromatic heterocycles. The summed E-state index contributed by atoms with van der Waals surface area (Å²) in [6, 6.07) is 11.8. The molecule has 0 fully saturated rings. The summed E-state index contributed by atoms with van der Waals surface area (Å²) in [5.74, 6) is -0.916. The van der Waals surface area contributed by atoms with Crippen LogP contribution in [-0.2, 0) is 14.9 Å². The first-order valence-electron chi connectivity index (χ1n) is 7.90. The van der Waals surface area contributed by atoms with E-state index in [2.05, 4.69) is 0 Å². The minimum absolute atomic E-state index is 0.0324. The van der Waals surface area contributed by atoms with Gasteiger partial charge in [-0.05, 0) is 24.3 Å². The first kappa shape index (κ1) is 22.0. The van der Waals surface area contributed by atoms with E-state index in [1.165, 1.54) is 36.4 Å². The minimum Gasteiger partial charge on any atom is -0.506 e. The van der Waals surface area contributed by atoms with E-state index in [0.29, 0.717) is 0 Å². The third-order valence-corrected chi connectivity index (χ3v) is 7.19. The maximum atomic E-state index is 13.0. The zero-order valence-electron chi connectivity index (χ0n) is 14.3. The van der Waals surface area contributed by atoms with Crippen LogP contribution in [0.25, 0.3) is 0 Å². The minimum atomic E-state index is -5.12. The summed E-state index contributed by atoms with van der Waals surface area (Å²) in [5.41, 5.74) is -0.581. The summed E-state index contributed by atoms with van der Waals surface area (Å²) in [6.07, 6.45) is 0. The molecule has 3 aromatic carbocycles. The first-order chi connectivity index (χ1) is 13.5. The Morgan fingerprint density at radius 1 is 0.690 bits per heavy atom. The number of halogens is 4. The molecule has 0 heterocycles. The van der Waals surface area contributed by atoms with E-state index < -0.39 is 26.4 Å². The van der Waals surface area contributed by atoms with Crippen LogP contribution in [0.4, 0.5) is 0 Å². The SMILES string of the molecule is O=S(=O)(O)C(c1ccccc1Cl)(c1cc(O)c(Cl)cc1Cl)c1cccc(O)c1Cl. The van der Waals surface area contributed by atoms with Crippen molar-refractivity contribution in [1.82, 2.24) is 0 Å². The van der Waals surface area contributed by atoms with Gasteiger partial charge in [0.1, 0.15) is 11.5 Å². The highest BCUT2D eigenvalue weighted by molar-refractivity contribution is 7.87. The molecule has 29 heavy (non-hydrogen) atoms. The Morgan fingerprint density at radius 3 is 1.93 bits per heavy atom. The summed E-state index contributed by atoms with van der Waals surface area (Å²) >= 11 is 24.8. The molecule has 0 aliphatic carbocycles. The van der Waals surface area contributed by atoms with Crippen LogP contribution < -0.4 is 0 Å². The Kier molecular flexibility index (Phi) is 5.98. The quantitative estimate of drug-likeness (QED) is 0.311. The highest BCUT2D eigenvalue weighted by Crippen LogP contribution is 2.52. The summed E-state index contributed by atoms with van der Waals surface area (Å²) in [6.45, 7) is 0. The molecule has 3 rings (SSSR count). The normalized spacial score (nSPS) is 13.8. The zero-order valence-corrected chi connectivity index (χ0v) is 18.1. The maximum Gasteiger partial charge on any atom is 0.283 e. The van der Waals surface area contributed by atoms with Crippen LogP contribution in [0, 0.1) is 0 Å². The Balaban J connectivity index is 2.66. The molecule has 152 valence electrons.